The topological polar surface area (TPSA) is 20.2 Å². The fourth-order valence-corrected chi connectivity index (χ4v) is 2.01. The summed E-state index contributed by atoms with van der Waals surface area (Å²) in [5.74, 6) is 1.83. The molecule has 72 valence electrons. The van der Waals surface area contributed by atoms with Crippen molar-refractivity contribution in [1.82, 2.24) is 0 Å². The molecule has 2 heteroatoms. The summed E-state index contributed by atoms with van der Waals surface area (Å²) in [5, 5.41) is 8.65. The Labute approximate surface area is 84.2 Å². The van der Waals surface area contributed by atoms with Crippen LogP contribution in [0.15, 0.2) is 18.2 Å². The zero-order valence-electron chi connectivity index (χ0n) is 8.21. The van der Waals surface area contributed by atoms with Gasteiger partial charge in [-0.15, -0.1) is 0 Å². The van der Waals surface area contributed by atoms with E-state index in [0.29, 0.717) is 0 Å². The van der Waals surface area contributed by atoms with Crippen LogP contribution < -0.4 is 0 Å². The van der Waals surface area contributed by atoms with Crippen LogP contribution in [0.25, 0.3) is 0 Å². The SMILES string of the molecule is Cc1ccc(C)c(CSCCO)c1. The molecule has 0 amide bonds. The Balaban J connectivity index is 2.59. The van der Waals surface area contributed by atoms with Crippen LogP contribution in [0, 0.1) is 13.8 Å². The minimum atomic E-state index is 0.273. The lowest BCUT2D eigenvalue weighted by Crippen LogP contribution is -1.91. The first-order valence-electron chi connectivity index (χ1n) is 4.49. The maximum atomic E-state index is 8.65. The summed E-state index contributed by atoms with van der Waals surface area (Å²) in [7, 11) is 0. The molecule has 1 nitrogen and oxygen atoms in total. The van der Waals surface area contributed by atoms with Gasteiger partial charge >= 0.3 is 0 Å². The van der Waals surface area contributed by atoms with E-state index in [1.54, 1.807) is 11.8 Å². The minimum absolute atomic E-state index is 0.273. The van der Waals surface area contributed by atoms with Crippen molar-refractivity contribution in [3.8, 4) is 0 Å². The number of thioether (sulfide) groups is 1. The molecule has 1 aromatic carbocycles. The Hall–Kier alpha value is -0.470. The van der Waals surface area contributed by atoms with E-state index in [0.717, 1.165) is 11.5 Å². The third kappa shape index (κ3) is 3.41. The average molecular weight is 196 g/mol. The molecule has 0 saturated heterocycles. The summed E-state index contributed by atoms with van der Waals surface area (Å²) in [6.45, 7) is 4.52. The minimum Gasteiger partial charge on any atom is -0.396 e. The molecular formula is C11H16OS. The Morgan fingerprint density at radius 2 is 2.08 bits per heavy atom. The van der Waals surface area contributed by atoms with E-state index < -0.39 is 0 Å². The second-order valence-corrected chi connectivity index (χ2v) is 4.31. The number of rotatable bonds is 4. The van der Waals surface area contributed by atoms with Crippen molar-refractivity contribution in [2.24, 2.45) is 0 Å². The van der Waals surface area contributed by atoms with Gasteiger partial charge in [-0.1, -0.05) is 23.8 Å². The molecule has 0 saturated carbocycles. The molecule has 0 unspecified atom stereocenters. The number of aliphatic hydroxyl groups is 1. The van der Waals surface area contributed by atoms with Crippen LogP contribution in [0.2, 0.25) is 0 Å². The van der Waals surface area contributed by atoms with Crippen molar-refractivity contribution in [3.05, 3.63) is 34.9 Å². The summed E-state index contributed by atoms with van der Waals surface area (Å²) >= 11 is 1.78. The number of aryl methyl sites for hydroxylation is 2. The van der Waals surface area contributed by atoms with Gasteiger partial charge in [0.2, 0.25) is 0 Å². The first-order chi connectivity index (χ1) is 6.24. The molecule has 0 fully saturated rings. The van der Waals surface area contributed by atoms with E-state index in [4.69, 9.17) is 5.11 Å². The molecule has 0 atom stereocenters. The van der Waals surface area contributed by atoms with Crippen LogP contribution in [0.4, 0.5) is 0 Å². The number of hydrogen-bond donors (Lipinski definition) is 1. The largest absolute Gasteiger partial charge is 0.396 e. The van der Waals surface area contributed by atoms with E-state index in [-0.39, 0.29) is 6.61 Å². The van der Waals surface area contributed by atoms with E-state index in [1.807, 2.05) is 0 Å². The molecule has 0 aliphatic carbocycles. The van der Waals surface area contributed by atoms with Gasteiger partial charge in [0.15, 0.2) is 0 Å². The third-order valence-corrected chi connectivity index (χ3v) is 2.98. The fraction of sp³-hybridized carbons (Fsp3) is 0.455. The van der Waals surface area contributed by atoms with Crippen LogP contribution in [-0.4, -0.2) is 17.5 Å². The van der Waals surface area contributed by atoms with Gasteiger partial charge in [-0.05, 0) is 25.0 Å². The lowest BCUT2D eigenvalue weighted by Gasteiger charge is -2.05. The first kappa shape index (κ1) is 10.6. The van der Waals surface area contributed by atoms with Crippen LogP contribution in [0.5, 0.6) is 0 Å². The van der Waals surface area contributed by atoms with Crippen molar-refractivity contribution in [2.75, 3.05) is 12.4 Å². The van der Waals surface area contributed by atoms with Gasteiger partial charge in [0.05, 0.1) is 6.61 Å². The van der Waals surface area contributed by atoms with Gasteiger partial charge < -0.3 is 5.11 Å². The zero-order valence-corrected chi connectivity index (χ0v) is 9.03. The molecule has 1 aromatic rings. The predicted octanol–water partition coefficient (Wildman–Crippen LogP) is 2.53. The maximum absolute atomic E-state index is 8.65. The smallest absolute Gasteiger partial charge is 0.0521 e. The number of benzene rings is 1. The lowest BCUT2D eigenvalue weighted by molar-refractivity contribution is 0.322. The maximum Gasteiger partial charge on any atom is 0.0521 e. The van der Waals surface area contributed by atoms with Crippen LogP contribution in [0.1, 0.15) is 16.7 Å². The van der Waals surface area contributed by atoms with Gasteiger partial charge in [0, 0.05) is 11.5 Å². The standard InChI is InChI=1S/C11H16OS/c1-9-3-4-10(2)11(7-9)8-13-6-5-12/h3-4,7,12H,5-6,8H2,1-2H3. The van der Waals surface area contributed by atoms with E-state index in [9.17, 15) is 0 Å². The Morgan fingerprint density at radius 3 is 2.77 bits per heavy atom. The van der Waals surface area contributed by atoms with Crippen molar-refractivity contribution < 1.29 is 5.11 Å². The van der Waals surface area contributed by atoms with Crippen molar-refractivity contribution >= 4 is 11.8 Å². The molecule has 0 aliphatic heterocycles. The molecular weight excluding hydrogens is 180 g/mol. The molecule has 1 rings (SSSR count). The quantitative estimate of drug-likeness (QED) is 0.747. The van der Waals surface area contributed by atoms with Gasteiger partial charge in [-0.2, -0.15) is 11.8 Å². The second-order valence-electron chi connectivity index (χ2n) is 3.21. The van der Waals surface area contributed by atoms with Crippen LogP contribution in [0.3, 0.4) is 0 Å². The summed E-state index contributed by atoms with van der Waals surface area (Å²) in [6.07, 6.45) is 0. The highest BCUT2D eigenvalue weighted by atomic mass is 32.2. The molecule has 1 N–H and O–H groups in total. The molecule has 0 bridgehead atoms. The number of aliphatic hydroxyl groups excluding tert-OH is 1. The summed E-state index contributed by atoms with van der Waals surface area (Å²) in [5.41, 5.74) is 4.04. The highest BCUT2D eigenvalue weighted by Crippen LogP contribution is 2.17. The fourth-order valence-electron chi connectivity index (χ4n) is 1.20. The molecule has 0 spiro atoms. The van der Waals surface area contributed by atoms with E-state index in [1.165, 1.54) is 16.7 Å². The first-order valence-corrected chi connectivity index (χ1v) is 5.64. The Morgan fingerprint density at radius 1 is 1.31 bits per heavy atom. The molecule has 0 aromatic heterocycles. The van der Waals surface area contributed by atoms with Crippen molar-refractivity contribution in [2.45, 2.75) is 19.6 Å². The number of hydrogen-bond acceptors (Lipinski definition) is 2. The van der Waals surface area contributed by atoms with Gasteiger partial charge in [-0.25, -0.2) is 0 Å². The van der Waals surface area contributed by atoms with E-state index >= 15 is 0 Å². The van der Waals surface area contributed by atoms with Crippen LogP contribution in [-0.2, 0) is 5.75 Å². The summed E-state index contributed by atoms with van der Waals surface area (Å²) < 4.78 is 0. The Kier molecular flexibility index (Phi) is 4.33. The van der Waals surface area contributed by atoms with Crippen molar-refractivity contribution in [3.63, 3.8) is 0 Å². The van der Waals surface area contributed by atoms with E-state index in [2.05, 4.69) is 32.0 Å². The zero-order chi connectivity index (χ0) is 9.68. The van der Waals surface area contributed by atoms with Gasteiger partial charge in [0.1, 0.15) is 0 Å². The monoisotopic (exact) mass is 196 g/mol. The molecule has 13 heavy (non-hydrogen) atoms. The highest BCUT2D eigenvalue weighted by Gasteiger charge is 1.98. The molecule has 0 radical (unpaired) electrons. The summed E-state index contributed by atoms with van der Waals surface area (Å²) in [6, 6.07) is 6.51. The lowest BCUT2D eigenvalue weighted by atomic mass is 10.1. The predicted molar refractivity (Wildman–Crippen MR) is 59.2 cm³/mol. The van der Waals surface area contributed by atoms with Crippen LogP contribution >= 0.6 is 11.8 Å². The molecule has 0 heterocycles. The summed E-state index contributed by atoms with van der Waals surface area (Å²) in [4.78, 5) is 0. The normalized spacial score (nSPS) is 10.4. The third-order valence-electron chi connectivity index (χ3n) is 2.00. The molecule has 0 aliphatic rings. The van der Waals surface area contributed by atoms with Crippen molar-refractivity contribution in [1.29, 1.82) is 0 Å². The Bertz CT molecular complexity index is 271. The second kappa shape index (κ2) is 5.30. The van der Waals surface area contributed by atoms with Gasteiger partial charge in [-0.3, -0.25) is 0 Å². The average Bonchev–Trinajstić information content (AvgIpc) is 2.11. The van der Waals surface area contributed by atoms with Gasteiger partial charge in [0.25, 0.3) is 0 Å². The highest BCUT2D eigenvalue weighted by molar-refractivity contribution is 7.98.